The third-order valence-electron chi connectivity index (χ3n) is 15.3. The number of aliphatic hydroxyl groups excluding tert-OH is 2. The summed E-state index contributed by atoms with van der Waals surface area (Å²) in [7, 11) is 0. The van der Waals surface area contributed by atoms with Gasteiger partial charge in [-0.2, -0.15) is 0 Å². The van der Waals surface area contributed by atoms with Gasteiger partial charge in [-0.25, -0.2) is 0 Å². The van der Waals surface area contributed by atoms with Crippen LogP contribution in [0.2, 0.25) is 0 Å². The number of ether oxygens (including phenoxy) is 1. The first kappa shape index (κ1) is 69.6. The fourth-order valence-electron chi connectivity index (χ4n) is 10.3. The molecule has 0 aromatic heterocycles. The number of hydrogen-bond donors (Lipinski definition) is 3. The van der Waals surface area contributed by atoms with Crippen LogP contribution in [0.1, 0.15) is 367 Å². The predicted molar refractivity (Wildman–Crippen MR) is 310 cm³/mol. The Bertz CT molecular complexity index is 1060. The summed E-state index contributed by atoms with van der Waals surface area (Å²) in [5, 5.41) is 23.0. The Kier molecular flexibility index (Phi) is 59.9. The maximum absolute atomic E-state index is 12.4. The molecule has 0 bridgehead atoms. The number of nitrogens with one attached hydrogen (secondary N) is 1. The number of esters is 1. The zero-order valence-electron chi connectivity index (χ0n) is 48.2. The van der Waals surface area contributed by atoms with Crippen LogP contribution < -0.4 is 5.32 Å². The Hall–Kier alpha value is -1.40. The van der Waals surface area contributed by atoms with Gasteiger partial charge in [-0.15, -0.1) is 0 Å². The average molecular weight is 1000 g/mol. The fourth-order valence-corrected chi connectivity index (χ4v) is 10.3. The van der Waals surface area contributed by atoms with Gasteiger partial charge in [0.2, 0.25) is 5.91 Å². The van der Waals surface area contributed by atoms with Crippen molar-refractivity contribution in [2.45, 2.75) is 379 Å². The molecule has 6 heteroatoms. The third kappa shape index (κ3) is 57.7. The quantitative estimate of drug-likeness (QED) is 0.0320. The molecule has 2 unspecified atom stereocenters. The first-order valence-electron chi connectivity index (χ1n) is 32.5. The average Bonchev–Trinajstić information content (AvgIpc) is 3.37. The molecule has 0 aliphatic rings. The van der Waals surface area contributed by atoms with E-state index in [1.54, 1.807) is 6.08 Å². The van der Waals surface area contributed by atoms with Gasteiger partial charge < -0.3 is 20.3 Å². The van der Waals surface area contributed by atoms with Gasteiger partial charge >= 0.3 is 5.97 Å². The summed E-state index contributed by atoms with van der Waals surface area (Å²) in [5.41, 5.74) is 0. The van der Waals surface area contributed by atoms with E-state index in [4.69, 9.17) is 4.74 Å². The molecular weight excluding hydrogens is 875 g/mol. The van der Waals surface area contributed by atoms with Crippen LogP contribution in [0.4, 0.5) is 0 Å². The molecule has 0 aromatic carbocycles. The largest absolute Gasteiger partial charge is 0.466 e. The highest BCUT2D eigenvalue weighted by molar-refractivity contribution is 5.76. The standard InChI is InChI=1S/C65H127NO5/c1-3-5-7-9-11-13-14-35-39-43-47-51-55-59-65(70)71-60-56-52-48-44-40-37-34-32-30-28-26-24-22-20-18-16-15-17-19-21-23-25-27-29-31-33-36-38-42-46-50-54-58-64(69)66-62(61-67)63(68)57-53-49-45-41-12-10-8-6-4-2/h53,57,62-63,67-68H,3-52,54-56,58-61H2,1-2H3,(H,66,69)/b57-53+. The number of aliphatic hydroxyl groups is 2. The van der Waals surface area contributed by atoms with Crippen LogP contribution >= 0.6 is 0 Å². The van der Waals surface area contributed by atoms with Crippen LogP contribution in [0.15, 0.2) is 12.2 Å². The first-order valence-corrected chi connectivity index (χ1v) is 32.5. The van der Waals surface area contributed by atoms with Crippen molar-refractivity contribution in [1.29, 1.82) is 0 Å². The Morgan fingerprint density at radius 1 is 0.380 bits per heavy atom. The Morgan fingerprint density at radius 3 is 0.958 bits per heavy atom. The molecule has 0 saturated heterocycles. The summed E-state index contributed by atoms with van der Waals surface area (Å²) in [5.74, 6) is -0.0417. The molecule has 422 valence electrons. The van der Waals surface area contributed by atoms with Crippen molar-refractivity contribution < 1.29 is 24.5 Å². The molecule has 0 heterocycles. The summed E-state index contributed by atoms with van der Waals surface area (Å²) in [6.07, 6.45) is 74.4. The second kappa shape index (κ2) is 61.1. The molecule has 6 nitrogen and oxygen atoms in total. The van der Waals surface area contributed by atoms with Gasteiger partial charge in [-0.3, -0.25) is 9.59 Å². The van der Waals surface area contributed by atoms with Crippen molar-refractivity contribution in [3.05, 3.63) is 12.2 Å². The van der Waals surface area contributed by atoms with E-state index in [0.717, 1.165) is 38.5 Å². The van der Waals surface area contributed by atoms with E-state index >= 15 is 0 Å². The van der Waals surface area contributed by atoms with Crippen molar-refractivity contribution in [2.75, 3.05) is 13.2 Å². The third-order valence-corrected chi connectivity index (χ3v) is 15.3. The molecule has 71 heavy (non-hydrogen) atoms. The highest BCUT2D eigenvalue weighted by Crippen LogP contribution is 2.19. The molecule has 0 radical (unpaired) electrons. The van der Waals surface area contributed by atoms with E-state index in [1.807, 2.05) is 6.08 Å². The second-order valence-electron chi connectivity index (χ2n) is 22.5. The van der Waals surface area contributed by atoms with E-state index in [1.165, 1.54) is 302 Å². The van der Waals surface area contributed by atoms with Gasteiger partial charge in [-0.05, 0) is 32.1 Å². The van der Waals surface area contributed by atoms with E-state index in [0.29, 0.717) is 19.4 Å². The first-order chi connectivity index (χ1) is 35.0. The van der Waals surface area contributed by atoms with E-state index in [9.17, 15) is 19.8 Å². The number of amides is 1. The van der Waals surface area contributed by atoms with Crippen LogP contribution in [-0.2, 0) is 14.3 Å². The van der Waals surface area contributed by atoms with Crippen molar-refractivity contribution in [2.24, 2.45) is 0 Å². The smallest absolute Gasteiger partial charge is 0.305 e. The molecule has 1 amide bonds. The normalized spacial score (nSPS) is 12.6. The lowest BCUT2D eigenvalue weighted by atomic mass is 10.0. The summed E-state index contributed by atoms with van der Waals surface area (Å²) >= 11 is 0. The monoisotopic (exact) mass is 1000 g/mol. The minimum absolute atomic E-state index is 0.0229. The molecule has 3 N–H and O–H groups in total. The summed E-state index contributed by atoms with van der Waals surface area (Å²) in [6, 6.07) is -0.621. The number of carbonyl (C=O) groups excluding carboxylic acids is 2. The van der Waals surface area contributed by atoms with Crippen LogP contribution in [0.3, 0.4) is 0 Å². The molecule has 0 fully saturated rings. The van der Waals surface area contributed by atoms with Gasteiger partial charge in [0, 0.05) is 12.8 Å². The Labute approximate surface area is 444 Å². The summed E-state index contributed by atoms with van der Waals surface area (Å²) in [6.45, 7) is 4.90. The van der Waals surface area contributed by atoms with Crippen molar-refractivity contribution in [1.82, 2.24) is 5.32 Å². The highest BCUT2D eigenvalue weighted by Gasteiger charge is 2.18. The van der Waals surface area contributed by atoms with Crippen molar-refractivity contribution in [3.63, 3.8) is 0 Å². The molecule has 0 spiro atoms. The van der Waals surface area contributed by atoms with Gasteiger partial charge in [-0.1, -0.05) is 334 Å². The van der Waals surface area contributed by atoms with Crippen LogP contribution in [-0.4, -0.2) is 47.4 Å². The van der Waals surface area contributed by atoms with Gasteiger partial charge in [0.05, 0.1) is 25.4 Å². The number of rotatable bonds is 61. The second-order valence-corrected chi connectivity index (χ2v) is 22.5. The lowest BCUT2D eigenvalue weighted by Gasteiger charge is -2.20. The molecule has 0 aliphatic carbocycles. The van der Waals surface area contributed by atoms with E-state index < -0.39 is 12.1 Å². The van der Waals surface area contributed by atoms with Crippen molar-refractivity contribution in [3.8, 4) is 0 Å². The SMILES string of the molecule is CCCCCCCCC/C=C/C(O)C(CO)NC(=O)CCCCCCCCCCCCCCCCCCCCCCCCCCCCCCCCCCOC(=O)CCCCCCCCCCCCCCC. The molecule has 2 atom stereocenters. The van der Waals surface area contributed by atoms with E-state index in [-0.39, 0.29) is 18.5 Å². The topological polar surface area (TPSA) is 95.9 Å². The Balaban J connectivity index is 3.29. The lowest BCUT2D eigenvalue weighted by Crippen LogP contribution is -2.45. The van der Waals surface area contributed by atoms with Crippen LogP contribution in [0, 0.1) is 0 Å². The van der Waals surface area contributed by atoms with Gasteiger partial charge in [0.15, 0.2) is 0 Å². The van der Waals surface area contributed by atoms with Crippen LogP contribution in [0.25, 0.3) is 0 Å². The lowest BCUT2D eigenvalue weighted by molar-refractivity contribution is -0.143. The maximum atomic E-state index is 12.4. The number of hydrogen-bond acceptors (Lipinski definition) is 5. The van der Waals surface area contributed by atoms with Gasteiger partial charge in [0.25, 0.3) is 0 Å². The number of carbonyl (C=O) groups is 2. The summed E-state index contributed by atoms with van der Waals surface area (Å²) in [4.78, 5) is 24.4. The zero-order chi connectivity index (χ0) is 51.4. The van der Waals surface area contributed by atoms with Crippen molar-refractivity contribution >= 4 is 11.9 Å². The molecule has 0 saturated carbocycles. The summed E-state index contributed by atoms with van der Waals surface area (Å²) < 4.78 is 5.49. The molecular formula is C65H127NO5. The zero-order valence-corrected chi connectivity index (χ0v) is 48.2. The maximum Gasteiger partial charge on any atom is 0.305 e. The van der Waals surface area contributed by atoms with Crippen LogP contribution in [0.5, 0.6) is 0 Å². The minimum Gasteiger partial charge on any atom is -0.466 e. The van der Waals surface area contributed by atoms with E-state index in [2.05, 4.69) is 19.2 Å². The molecule has 0 aliphatic heterocycles. The van der Waals surface area contributed by atoms with Gasteiger partial charge in [0.1, 0.15) is 0 Å². The minimum atomic E-state index is -0.838. The highest BCUT2D eigenvalue weighted by atomic mass is 16.5. The number of unbranched alkanes of at least 4 members (excludes halogenated alkanes) is 50. The molecule has 0 aromatic rings. The fraction of sp³-hybridized carbons (Fsp3) is 0.938. The predicted octanol–water partition coefficient (Wildman–Crippen LogP) is 20.4. The number of allylic oxidation sites excluding steroid dienone is 1. The molecule has 0 rings (SSSR count). The Morgan fingerprint density at radius 2 is 0.648 bits per heavy atom.